The lowest BCUT2D eigenvalue weighted by Crippen LogP contribution is -2.51. The predicted octanol–water partition coefficient (Wildman–Crippen LogP) is 5.57. The first-order valence-corrected chi connectivity index (χ1v) is 17.2. The number of benzene rings is 1. The Kier molecular flexibility index (Phi) is 6.20. The van der Waals surface area contributed by atoms with E-state index in [1.807, 2.05) is 0 Å². The Morgan fingerprint density at radius 3 is 1.86 bits per heavy atom. The van der Waals surface area contributed by atoms with E-state index < -0.39 is 25.2 Å². The fraction of sp³-hybridized carbons (Fsp3) is 0.625. The Balaban J connectivity index is 2.69. The second kappa shape index (κ2) is 6.91. The minimum atomic E-state index is -2.02. The van der Waals surface area contributed by atoms with Gasteiger partial charge in [-0.25, -0.2) is 0 Å². The first-order valence-electron chi connectivity index (χ1n) is 7.86. The topological polar surface area (TPSA) is 18.5 Å². The van der Waals surface area contributed by atoms with Crippen molar-refractivity contribution in [2.45, 2.75) is 64.7 Å². The molecular weight excluding hydrogens is 308 g/mol. The standard InChI is InChI=1S/C16H32O2Si3/c1-15(16-12-10-9-11-13-16)14-20(5,6)18-21(7,8)17-19(2,3)4/h9-13,15H,14H2,1-8H3. The van der Waals surface area contributed by atoms with Crippen LogP contribution in [0.1, 0.15) is 18.4 Å². The molecule has 1 unspecified atom stereocenters. The predicted molar refractivity (Wildman–Crippen MR) is 100 cm³/mol. The van der Waals surface area contributed by atoms with Crippen LogP contribution >= 0.6 is 0 Å². The van der Waals surface area contributed by atoms with E-state index in [0.29, 0.717) is 5.92 Å². The lowest BCUT2D eigenvalue weighted by molar-refractivity contribution is 0.390. The van der Waals surface area contributed by atoms with Crippen LogP contribution in [0, 0.1) is 0 Å². The zero-order chi connectivity index (χ0) is 16.3. The normalized spacial score (nSPS) is 15.0. The van der Waals surface area contributed by atoms with Crippen molar-refractivity contribution in [3.8, 4) is 0 Å². The molecule has 0 aliphatic carbocycles. The molecule has 1 aromatic rings. The van der Waals surface area contributed by atoms with Gasteiger partial charge in [0.15, 0.2) is 16.6 Å². The Hall–Kier alpha value is -0.209. The smallest absolute Gasteiger partial charge is 0.311 e. The highest BCUT2D eigenvalue weighted by molar-refractivity contribution is 6.87. The molecule has 21 heavy (non-hydrogen) atoms. The van der Waals surface area contributed by atoms with E-state index in [0.717, 1.165) is 6.04 Å². The molecule has 0 saturated carbocycles. The zero-order valence-corrected chi connectivity index (χ0v) is 18.0. The zero-order valence-electron chi connectivity index (χ0n) is 15.0. The van der Waals surface area contributed by atoms with Gasteiger partial charge in [-0.3, -0.25) is 0 Å². The van der Waals surface area contributed by atoms with Crippen LogP contribution in [0.2, 0.25) is 51.9 Å². The van der Waals surface area contributed by atoms with E-state index in [-0.39, 0.29) is 0 Å². The summed E-state index contributed by atoms with van der Waals surface area (Å²) in [6, 6.07) is 11.9. The van der Waals surface area contributed by atoms with Crippen LogP contribution in [0.25, 0.3) is 0 Å². The van der Waals surface area contributed by atoms with E-state index in [9.17, 15) is 0 Å². The second-order valence-electron chi connectivity index (χ2n) is 7.99. The van der Waals surface area contributed by atoms with Gasteiger partial charge < -0.3 is 8.23 Å². The molecule has 0 aliphatic heterocycles. The average molecular weight is 341 g/mol. The molecule has 0 radical (unpaired) electrons. The number of hydrogen-bond acceptors (Lipinski definition) is 2. The minimum absolute atomic E-state index is 0.546. The summed E-state index contributed by atoms with van der Waals surface area (Å²) in [6.45, 7) is 18.1. The molecule has 0 heterocycles. The van der Waals surface area contributed by atoms with E-state index in [4.69, 9.17) is 8.23 Å². The van der Waals surface area contributed by atoms with Crippen molar-refractivity contribution in [1.29, 1.82) is 0 Å². The van der Waals surface area contributed by atoms with Gasteiger partial charge >= 0.3 is 8.56 Å². The van der Waals surface area contributed by atoms with Crippen molar-refractivity contribution in [2.75, 3.05) is 0 Å². The van der Waals surface area contributed by atoms with Crippen molar-refractivity contribution in [2.24, 2.45) is 0 Å². The van der Waals surface area contributed by atoms with Gasteiger partial charge in [0.25, 0.3) is 0 Å². The first kappa shape index (κ1) is 18.8. The molecule has 1 aromatic carbocycles. The van der Waals surface area contributed by atoms with Gasteiger partial charge in [0.2, 0.25) is 0 Å². The third-order valence-electron chi connectivity index (χ3n) is 3.24. The maximum absolute atomic E-state index is 6.58. The molecule has 0 N–H and O–H groups in total. The highest BCUT2D eigenvalue weighted by atomic mass is 28.5. The highest BCUT2D eigenvalue weighted by Crippen LogP contribution is 2.30. The quantitative estimate of drug-likeness (QED) is 0.604. The average Bonchev–Trinajstić information content (AvgIpc) is 2.24. The summed E-state index contributed by atoms with van der Waals surface area (Å²) in [5.41, 5.74) is 1.41. The van der Waals surface area contributed by atoms with E-state index in [1.165, 1.54) is 5.56 Å². The van der Waals surface area contributed by atoms with Crippen molar-refractivity contribution >= 4 is 25.2 Å². The van der Waals surface area contributed by atoms with Crippen LogP contribution in [0.4, 0.5) is 0 Å². The van der Waals surface area contributed by atoms with E-state index in [2.05, 4.69) is 83.1 Å². The molecule has 1 rings (SSSR count). The summed E-state index contributed by atoms with van der Waals surface area (Å²) in [6.07, 6.45) is 0. The Morgan fingerprint density at radius 1 is 0.857 bits per heavy atom. The van der Waals surface area contributed by atoms with Gasteiger partial charge in [-0.1, -0.05) is 37.3 Å². The summed E-state index contributed by atoms with van der Waals surface area (Å²) in [5.74, 6) is 0.546. The maximum Gasteiger partial charge on any atom is 0.311 e. The monoisotopic (exact) mass is 340 g/mol. The first-order chi connectivity index (χ1) is 9.40. The molecule has 1 atom stereocenters. The lowest BCUT2D eigenvalue weighted by atomic mass is 10.0. The SMILES string of the molecule is CC(C[Si](C)(C)O[Si](C)(C)O[Si](C)(C)C)c1ccccc1. The van der Waals surface area contributed by atoms with Crippen LogP contribution in [0.5, 0.6) is 0 Å². The van der Waals surface area contributed by atoms with Crippen molar-refractivity contribution < 1.29 is 8.23 Å². The molecule has 0 aromatic heterocycles. The van der Waals surface area contributed by atoms with Crippen LogP contribution < -0.4 is 0 Å². The van der Waals surface area contributed by atoms with E-state index >= 15 is 0 Å². The van der Waals surface area contributed by atoms with Crippen LogP contribution in [0.15, 0.2) is 30.3 Å². The molecule has 0 bridgehead atoms. The molecule has 2 nitrogen and oxygen atoms in total. The Bertz CT molecular complexity index is 439. The summed E-state index contributed by atoms with van der Waals surface area (Å²) < 4.78 is 12.9. The Morgan fingerprint density at radius 2 is 1.38 bits per heavy atom. The number of hydrogen-bond donors (Lipinski definition) is 0. The second-order valence-corrected chi connectivity index (χ2v) is 20.6. The molecular formula is C16H32O2Si3. The molecule has 0 aliphatic rings. The summed E-state index contributed by atoms with van der Waals surface area (Å²) in [5, 5.41) is 0. The molecule has 5 heteroatoms. The van der Waals surface area contributed by atoms with Crippen LogP contribution in [-0.4, -0.2) is 25.2 Å². The van der Waals surface area contributed by atoms with Gasteiger partial charge in [0.05, 0.1) is 0 Å². The molecule has 0 saturated heterocycles. The van der Waals surface area contributed by atoms with Gasteiger partial charge in [0, 0.05) is 0 Å². The Labute approximate surface area is 134 Å². The third kappa shape index (κ3) is 7.56. The van der Waals surface area contributed by atoms with Crippen LogP contribution in [0.3, 0.4) is 0 Å². The van der Waals surface area contributed by atoms with E-state index in [1.54, 1.807) is 0 Å². The fourth-order valence-corrected chi connectivity index (χ4v) is 16.9. The molecule has 0 amide bonds. The molecule has 0 fully saturated rings. The van der Waals surface area contributed by atoms with Crippen molar-refractivity contribution in [1.82, 2.24) is 0 Å². The third-order valence-corrected chi connectivity index (χ3v) is 13.4. The van der Waals surface area contributed by atoms with Gasteiger partial charge in [0.1, 0.15) is 0 Å². The maximum atomic E-state index is 6.58. The van der Waals surface area contributed by atoms with Crippen molar-refractivity contribution in [3.05, 3.63) is 35.9 Å². The lowest BCUT2D eigenvalue weighted by Gasteiger charge is -2.38. The summed E-state index contributed by atoms with van der Waals surface area (Å²) in [4.78, 5) is 0. The number of rotatable bonds is 7. The van der Waals surface area contributed by atoms with Gasteiger partial charge in [-0.15, -0.1) is 0 Å². The molecule has 0 spiro atoms. The molecule has 120 valence electrons. The van der Waals surface area contributed by atoms with Gasteiger partial charge in [-0.2, -0.15) is 0 Å². The fourth-order valence-electron chi connectivity index (χ4n) is 3.10. The highest BCUT2D eigenvalue weighted by Gasteiger charge is 2.38. The minimum Gasteiger partial charge on any atom is -0.437 e. The summed E-state index contributed by atoms with van der Waals surface area (Å²) >= 11 is 0. The largest absolute Gasteiger partial charge is 0.437 e. The summed E-state index contributed by atoms with van der Waals surface area (Å²) in [7, 11) is -5.28. The van der Waals surface area contributed by atoms with Crippen LogP contribution in [-0.2, 0) is 8.23 Å². The van der Waals surface area contributed by atoms with Crippen molar-refractivity contribution in [3.63, 3.8) is 0 Å². The van der Waals surface area contributed by atoms with Gasteiger partial charge in [-0.05, 0) is 63.4 Å².